The van der Waals surface area contributed by atoms with Gasteiger partial charge in [0.1, 0.15) is 5.75 Å². The highest BCUT2D eigenvalue weighted by Gasteiger charge is 2.34. The van der Waals surface area contributed by atoms with E-state index in [1.54, 1.807) is 26.8 Å². The number of hydrogen-bond acceptors (Lipinski definition) is 6. The number of esters is 1. The lowest BCUT2D eigenvalue weighted by molar-refractivity contribution is -0.158. The Morgan fingerprint density at radius 2 is 1.83 bits per heavy atom. The number of nitrogens with zero attached hydrogens (tertiary/aromatic N) is 2. The van der Waals surface area contributed by atoms with Crippen LogP contribution in [0.1, 0.15) is 91.7 Å². The predicted octanol–water partition coefficient (Wildman–Crippen LogP) is 6.95. The molecule has 0 aliphatic heterocycles. The van der Waals surface area contributed by atoms with Gasteiger partial charge in [0.25, 0.3) is 5.91 Å². The van der Waals surface area contributed by atoms with Crippen LogP contribution in [-0.4, -0.2) is 34.1 Å². The van der Waals surface area contributed by atoms with E-state index in [0.717, 1.165) is 36.1 Å². The second-order valence-electron chi connectivity index (χ2n) is 10.6. The SMILES string of the molecule is CCOC(=O)C(C)(C)Oc1ccc(C(CC)NC(=O)c2cnc(-c3cccc(C(F)(F)F)c3)nc2C2CC2)cc1C. The summed E-state index contributed by atoms with van der Waals surface area (Å²) >= 11 is 0. The van der Waals surface area contributed by atoms with Crippen molar-refractivity contribution in [1.29, 1.82) is 0 Å². The van der Waals surface area contributed by atoms with E-state index >= 15 is 0 Å². The molecule has 41 heavy (non-hydrogen) atoms. The first-order valence-corrected chi connectivity index (χ1v) is 13.7. The van der Waals surface area contributed by atoms with Crippen LogP contribution in [0.15, 0.2) is 48.7 Å². The van der Waals surface area contributed by atoms with E-state index in [0.29, 0.717) is 23.4 Å². The molecular formula is C31H34F3N3O4. The second-order valence-corrected chi connectivity index (χ2v) is 10.6. The van der Waals surface area contributed by atoms with Crippen LogP contribution in [-0.2, 0) is 15.7 Å². The van der Waals surface area contributed by atoms with Crippen molar-refractivity contribution in [3.05, 3.63) is 76.6 Å². The summed E-state index contributed by atoms with van der Waals surface area (Å²) < 4.78 is 50.7. The summed E-state index contributed by atoms with van der Waals surface area (Å²) in [5.41, 5.74) is 0.795. The Hall–Kier alpha value is -3.95. The summed E-state index contributed by atoms with van der Waals surface area (Å²) in [5, 5.41) is 3.06. The van der Waals surface area contributed by atoms with Crippen LogP contribution in [0.4, 0.5) is 13.2 Å². The molecular weight excluding hydrogens is 535 g/mol. The predicted molar refractivity (Wildman–Crippen MR) is 147 cm³/mol. The number of rotatable bonds is 10. The minimum atomic E-state index is -4.48. The van der Waals surface area contributed by atoms with E-state index < -0.39 is 23.3 Å². The molecule has 3 aromatic rings. The molecule has 1 saturated carbocycles. The molecule has 0 radical (unpaired) electrons. The lowest BCUT2D eigenvalue weighted by Gasteiger charge is -2.26. The largest absolute Gasteiger partial charge is 0.476 e. The Morgan fingerprint density at radius 3 is 2.44 bits per heavy atom. The van der Waals surface area contributed by atoms with Crippen LogP contribution >= 0.6 is 0 Å². The van der Waals surface area contributed by atoms with Crippen LogP contribution in [0.2, 0.25) is 0 Å². The number of nitrogens with one attached hydrogen (secondary N) is 1. The third kappa shape index (κ3) is 7.04. The van der Waals surface area contributed by atoms with Gasteiger partial charge in [-0.1, -0.05) is 31.2 Å². The lowest BCUT2D eigenvalue weighted by atomic mass is 10.0. The standard InChI is InChI=1S/C31H34F3N3O4/c1-6-24(20-13-14-25(18(3)15-20)41-30(4,5)29(39)40-7-2)36-28(38)23-17-35-27(37-26(23)19-11-12-19)21-9-8-10-22(16-21)31(32,33)34/h8-10,13-17,19,24H,6-7,11-12H2,1-5H3,(H,36,38). The molecule has 1 amide bonds. The maximum Gasteiger partial charge on any atom is 0.416 e. The average molecular weight is 570 g/mol. The second kappa shape index (κ2) is 11.9. The fourth-order valence-electron chi connectivity index (χ4n) is 4.49. The zero-order valence-electron chi connectivity index (χ0n) is 23.8. The molecule has 1 unspecified atom stereocenters. The maximum absolute atomic E-state index is 13.4. The van der Waals surface area contributed by atoms with Gasteiger partial charge in [-0.3, -0.25) is 4.79 Å². The number of halogens is 3. The third-order valence-corrected chi connectivity index (χ3v) is 6.92. The molecule has 1 aliphatic rings. The summed E-state index contributed by atoms with van der Waals surface area (Å²) in [6, 6.07) is 10.0. The first-order valence-electron chi connectivity index (χ1n) is 13.7. The quantitative estimate of drug-likeness (QED) is 0.266. The molecule has 0 saturated heterocycles. The molecule has 0 spiro atoms. The molecule has 1 atom stereocenters. The molecule has 4 rings (SSSR count). The molecule has 1 aliphatic carbocycles. The average Bonchev–Trinajstić information content (AvgIpc) is 3.78. The van der Waals surface area contributed by atoms with Crippen LogP contribution in [0.3, 0.4) is 0 Å². The van der Waals surface area contributed by atoms with Crippen LogP contribution in [0.25, 0.3) is 11.4 Å². The zero-order chi connectivity index (χ0) is 29.9. The summed E-state index contributed by atoms with van der Waals surface area (Å²) in [7, 11) is 0. The van der Waals surface area contributed by atoms with Crippen molar-refractivity contribution < 1.29 is 32.2 Å². The van der Waals surface area contributed by atoms with E-state index in [2.05, 4.69) is 15.3 Å². The fraction of sp³-hybridized carbons (Fsp3) is 0.419. The van der Waals surface area contributed by atoms with E-state index in [1.807, 2.05) is 26.0 Å². The molecule has 1 fully saturated rings. The molecule has 1 N–H and O–H groups in total. The van der Waals surface area contributed by atoms with Gasteiger partial charge in [-0.2, -0.15) is 13.2 Å². The number of carbonyl (C=O) groups excluding carboxylic acids is 2. The van der Waals surface area contributed by atoms with Crippen molar-refractivity contribution in [1.82, 2.24) is 15.3 Å². The minimum Gasteiger partial charge on any atom is -0.476 e. The molecule has 218 valence electrons. The number of amides is 1. The number of aryl methyl sites for hydroxylation is 1. The molecule has 10 heteroatoms. The van der Waals surface area contributed by atoms with Crippen molar-refractivity contribution in [3.63, 3.8) is 0 Å². The summed E-state index contributed by atoms with van der Waals surface area (Å²) in [6.07, 6.45) is -0.789. The van der Waals surface area contributed by atoms with Gasteiger partial charge in [0.05, 0.1) is 29.5 Å². The van der Waals surface area contributed by atoms with Crippen LogP contribution < -0.4 is 10.1 Å². The molecule has 1 aromatic heterocycles. The number of alkyl halides is 3. The van der Waals surface area contributed by atoms with Crippen molar-refractivity contribution in [3.8, 4) is 17.1 Å². The van der Waals surface area contributed by atoms with Crippen molar-refractivity contribution in [2.75, 3.05) is 6.61 Å². The Bertz CT molecular complexity index is 1430. The Kier molecular flexibility index (Phi) is 8.70. The van der Waals surface area contributed by atoms with Gasteiger partial charge in [0.2, 0.25) is 0 Å². The highest BCUT2D eigenvalue weighted by atomic mass is 19.4. The summed E-state index contributed by atoms with van der Waals surface area (Å²) in [4.78, 5) is 34.5. The number of carbonyl (C=O) groups is 2. The van der Waals surface area contributed by atoms with Gasteiger partial charge in [-0.15, -0.1) is 0 Å². The van der Waals surface area contributed by atoms with E-state index in [-0.39, 0.29) is 35.9 Å². The number of ether oxygens (including phenoxy) is 2. The first kappa shape index (κ1) is 30.0. The Labute approximate surface area is 237 Å². The first-order chi connectivity index (χ1) is 19.3. The zero-order valence-corrected chi connectivity index (χ0v) is 23.8. The highest BCUT2D eigenvalue weighted by molar-refractivity contribution is 5.95. The number of benzene rings is 2. The van der Waals surface area contributed by atoms with Crippen LogP contribution in [0, 0.1) is 6.92 Å². The smallest absolute Gasteiger partial charge is 0.416 e. The van der Waals surface area contributed by atoms with Gasteiger partial charge in [-0.25, -0.2) is 14.8 Å². The van der Waals surface area contributed by atoms with E-state index in [1.165, 1.54) is 18.3 Å². The Morgan fingerprint density at radius 1 is 1.10 bits per heavy atom. The fourth-order valence-corrected chi connectivity index (χ4v) is 4.49. The van der Waals surface area contributed by atoms with Crippen LogP contribution in [0.5, 0.6) is 5.75 Å². The van der Waals surface area contributed by atoms with Gasteiger partial charge in [-0.05, 0) is 76.3 Å². The highest BCUT2D eigenvalue weighted by Crippen LogP contribution is 2.41. The van der Waals surface area contributed by atoms with Crippen molar-refractivity contribution in [2.24, 2.45) is 0 Å². The van der Waals surface area contributed by atoms with E-state index in [4.69, 9.17) is 9.47 Å². The summed E-state index contributed by atoms with van der Waals surface area (Å²) in [6.45, 7) is 9.08. The number of hydrogen-bond donors (Lipinski definition) is 1. The molecule has 1 heterocycles. The number of aromatic nitrogens is 2. The summed E-state index contributed by atoms with van der Waals surface area (Å²) in [5.74, 6) is -0.0726. The molecule has 0 bridgehead atoms. The molecule has 2 aromatic carbocycles. The van der Waals surface area contributed by atoms with Gasteiger partial charge in [0.15, 0.2) is 11.4 Å². The molecule has 7 nitrogen and oxygen atoms in total. The normalized spacial score (nSPS) is 14.3. The third-order valence-electron chi connectivity index (χ3n) is 6.92. The van der Waals surface area contributed by atoms with Gasteiger partial charge in [0, 0.05) is 17.7 Å². The lowest BCUT2D eigenvalue weighted by Crippen LogP contribution is -2.40. The van der Waals surface area contributed by atoms with Crippen molar-refractivity contribution >= 4 is 11.9 Å². The van der Waals surface area contributed by atoms with Gasteiger partial charge >= 0.3 is 12.1 Å². The van der Waals surface area contributed by atoms with Gasteiger partial charge < -0.3 is 14.8 Å². The van der Waals surface area contributed by atoms with Crippen molar-refractivity contribution in [2.45, 2.75) is 77.6 Å². The topological polar surface area (TPSA) is 90.4 Å². The van der Waals surface area contributed by atoms with E-state index in [9.17, 15) is 22.8 Å². The maximum atomic E-state index is 13.4. The monoisotopic (exact) mass is 569 g/mol. The minimum absolute atomic E-state index is 0.0600. The Balaban J connectivity index is 1.55.